The number of benzene rings is 2. The van der Waals surface area contributed by atoms with Crippen molar-refractivity contribution in [2.75, 3.05) is 0 Å². The zero-order valence-corrected chi connectivity index (χ0v) is 12.5. The van der Waals surface area contributed by atoms with Crippen molar-refractivity contribution in [2.45, 2.75) is 31.7 Å². The standard InChI is InChI=1S/C17H18ClFN2/c18-15-5-2-6-16(19)14(15)10-17(21-20)13-8-7-11-3-1-4-12(11)9-13/h2,5-9,17,21H,1,3-4,10,20H2. The molecule has 0 aromatic heterocycles. The van der Waals surface area contributed by atoms with E-state index in [1.165, 1.54) is 23.6 Å². The maximum absolute atomic E-state index is 13.9. The van der Waals surface area contributed by atoms with Gasteiger partial charge in [0.25, 0.3) is 0 Å². The van der Waals surface area contributed by atoms with Crippen molar-refractivity contribution >= 4 is 11.6 Å². The fourth-order valence-corrected chi connectivity index (χ4v) is 3.25. The van der Waals surface area contributed by atoms with E-state index in [4.69, 9.17) is 17.4 Å². The van der Waals surface area contributed by atoms with Crippen molar-refractivity contribution in [3.05, 3.63) is 69.5 Å². The molecule has 0 aliphatic heterocycles. The van der Waals surface area contributed by atoms with E-state index in [1.807, 2.05) is 0 Å². The van der Waals surface area contributed by atoms with Gasteiger partial charge in [0.1, 0.15) is 5.82 Å². The SMILES string of the molecule is NNC(Cc1c(F)cccc1Cl)c1ccc2c(c1)CCC2. The van der Waals surface area contributed by atoms with Crippen LogP contribution in [0.5, 0.6) is 0 Å². The molecule has 1 unspecified atom stereocenters. The van der Waals surface area contributed by atoms with Crippen LogP contribution in [0.15, 0.2) is 36.4 Å². The highest BCUT2D eigenvalue weighted by molar-refractivity contribution is 6.31. The average molecular weight is 305 g/mol. The number of rotatable bonds is 4. The summed E-state index contributed by atoms with van der Waals surface area (Å²) in [5.74, 6) is 5.39. The summed E-state index contributed by atoms with van der Waals surface area (Å²) < 4.78 is 13.9. The van der Waals surface area contributed by atoms with Crippen LogP contribution in [0.4, 0.5) is 4.39 Å². The lowest BCUT2D eigenvalue weighted by Gasteiger charge is -2.18. The third kappa shape index (κ3) is 2.95. The molecular weight excluding hydrogens is 287 g/mol. The molecule has 0 heterocycles. The number of hydrogen-bond donors (Lipinski definition) is 2. The number of nitrogens with one attached hydrogen (secondary N) is 1. The van der Waals surface area contributed by atoms with Gasteiger partial charge in [-0.25, -0.2) is 4.39 Å². The van der Waals surface area contributed by atoms with E-state index in [1.54, 1.807) is 12.1 Å². The minimum atomic E-state index is -0.288. The van der Waals surface area contributed by atoms with Crippen LogP contribution in [0.1, 0.15) is 34.7 Å². The van der Waals surface area contributed by atoms with Gasteiger partial charge in [-0.05, 0) is 54.5 Å². The topological polar surface area (TPSA) is 38.0 Å². The Morgan fingerprint density at radius 1 is 1.19 bits per heavy atom. The molecule has 0 saturated carbocycles. The number of hydrogen-bond acceptors (Lipinski definition) is 2. The predicted molar refractivity (Wildman–Crippen MR) is 83.6 cm³/mol. The minimum Gasteiger partial charge on any atom is -0.271 e. The first-order valence-corrected chi connectivity index (χ1v) is 7.57. The van der Waals surface area contributed by atoms with Crippen molar-refractivity contribution in [1.82, 2.24) is 5.43 Å². The van der Waals surface area contributed by atoms with E-state index in [9.17, 15) is 4.39 Å². The molecule has 0 radical (unpaired) electrons. The number of aryl methyl sites for hydroxylation is 2. The lowest BCUT2D eigenvalue weighted by atomic mass is 9.96. The van der Waals surface area contributed by atoms with Gasteiger partial charge >= 0.3 is 0 Å². The second-order valence-electron chi connectivity index (χ2n) is 5.51. The van der Waals surface area contributed by atoms with Gasteiger partial charge < -0.3 is 0 Å². The van der Waals surface area contributed by atoms with Gasteiger partial charge in [-0.3, -0.25) is 11.3 Å². The number of halogens is 2. The fourth-order valence-electron chi connectivity index (χ4n) is 3.01. The monoisotopic (exact) mass is 304 g/mol. The molecule has 110 valence electrons. The highest BCUT2D eigenvalue weighted by Crippen LogP contribution is 2.29. The summed E-state index contributed by atoms with van der Waals surface area (Å²) in [6.45, 7) is 0. The largest absolute Gasteiger partial charge is 0.271 e. The molecule has 2 aromatic rings. The van der Waals surface area contributed by atoms with E-state index in [0.717, 1.165) is 18.4 Å². The summed E-state index contributed by atoms with van der Waals surface area (Å²) in [7, 11) is 0. The summed E-state index contributed by atoms with van der Waals surface area (Å²) in [5.41, 5.74) is 7.17. The third-order valence-electron chi connectivity index (χ3n) is 4.20. The van der Waals surface area contributed by atoms with Crippen LogP contribution in [0.3, 0.4) is 0 Å². The zero-order valence-electron chi connectivity index (χ0n) is 11.7. The van der Waals surface area contributed by atoms with Gasteiger partial charge in [-0.2, -0.15) is 0 Å². The maximum Gasteiger partial charge on any atom is 0.127 e. The van der Waals surface area contributed by atoms with E-state index in [2.05, 4.69) is 23.6 Å². The van der Waals surface area contributed by atoms with Crippen molar-refractivity contribution in [3.8, 4) is 0 Å². The molecule has 0 amide bonds. The zero-order chi connectivity index (χ0) is 14.8. The molecule has 0 bridgehead atoms. The van der Waals surface area contributed by atoms with E-state index >= 15 is 0 Å². The summed E-state index contributed by atoms with van der Waals surface area (Å²) >= 11 is 6.10. The van der Waals surface area contributed by atoms with Crippen molar-refractivity contribution in [1.29, 1.82) is 0 Å². The Morgan fingerprint density at radius 3 is 2.76 bits per heavy atom. The third-order valence-corrected chi connectivity index (χ3v) is 4.55. The number of fused-ring (bicyclic) bond motifs is 1. The molecule has 2 nitrogen and oxygen atoms in total. The summed E-state index contributed by atoms with van der Waals surface area (Å²) in [5, 5.41) is 0.441. The molecule has 3 rings (SSSR count). The van der Waals surface area contributed by atoms with Crippen molar-refractivity contribution in [2.24, 2.45) is 5.84 Å². The first kappa shape index (κ1) is 14.5. The normalized spacial score (nSPS) is 15.0. The second-order valence-corrected chi connectivity index (χ2v) is 5.91. The fraction of sp³-hybridized carbons (Fsp3) is 0.294. The van der Waals surface area contributed by atoms with Crippen molar-refractivity contribution in [3.63, 3.8) is 0 Å². The molecule has 21 heavy (non-hydrogen) atoms. The van der Waals surface area contributed by atoms with Crippen molar-refractivity contribution < 1.29 is 4.39 Å². The Morgan fingerprint density at radius 2 is 2.00 bits per heavy atom. The lowest BCUT2D eigenvalue weighted by molar-refractivity contribution is 0.529. The van der Waals surface area contributed by atoms with Crippen LogP contribution in [0, 0.1) is 5.82 Å². The first-order valence-electron chi connectivity index (χ1n) is 7.19. The van der Waals surface area contributed by atoms with Gasteiger partial charge in [-0.15, -0.1) is 0 Å². The smallest absolute Gasteiger partial charge is 0.127 e. The Hall–Kier alpha value is -1.42. The Kier molecular flexibility index (Phi) is 4.24. The predicted octanol–water partition coefficient (Wildman–Crippen LogP) is 3.71. The van der Waals surface area contributed by atoms with Gasteiger partial charge in [0.15, 0.2) is 0 Å². The minimum absolute atomic E-state index is 0.148. The first-order chi connectivity index (χ1) is 10.2. The van der Waals surface area contributed by atoms with Crippen LogP contribution in [0.2, 0.25) is 5.02 Å². The molecule has 0 saturated heterocycles. The quantitative estimate of drug-likeness (QED) is 0.667. The van der Waals surface area contributed by atoms with E-state index < -0.39 is 0 Å². The second kappa shape index (κ2) is 6.14. The summed E-state index contributed by atoms with van der Waals surface area (Å²) in [6, 6.07) is 11.0. The van der Waals surface area contributed by atoms with Gasteiger partial charge in [0.2, 0.25) is 0 Å². The number of nitrogens with two attached hydrogens (primary N) is 1. The van der Waals surface area contributed by atoms with Crippen LogP contribution in [0.25, 0.3) is 0 Å². The van der Waals surface area contributed by atoms with Crippen LogP contribution >= 0.6 is 11.6 Å². The van der Waals surface area contributed by atoms with E-state index in [-0.39, 0.29) is 11.9 Å². The Bertz CT molecular complexity index is 637. The highest BCUT2D eigenvalue weighted by atomic mass is 35.5. The van der Waals surface area contributed by atoms with E-state index in [0.29, 0.717) is 17.0 Å². The molecule has 0 spiro atoms. The summed E-state index contributed by atoms with van der Waals surface area (Å²) in [6.07, 6.45) is 3.90. The summed E-state index contributed by atoms with van der Waals surface area (Å²) in [4.78, 5) is 0. The van der Waals surface area contributed by atoms with Gasteiger partial charge in [0.05, 0.1) is 6.04 Å². The molecule has 3 N–H and O–H groups in total. The average Bonchev–Trinajstić information content (AvgIpc) is 2.94. The lowest BCUT2D eigenvalue weighted by Crippen LogP contribution is -2.30. The molecule has 1 atom stereocenters. The maximum atomic E-state index is 13.9. The molecule has 2 aromatic carbocycles. The Balaban J connectivity index is 1.89. The molecular formula is C17H18ClFN2. The highest BCUT2D eigenvalue weighted by Gasteiger charge is 2.18. The number of hydrazine groups is 1. The van der Waals surface area contributed by atoms with Crippen LogP contribution in [-0.4, -0.2) is 0 Å². The van der Waals surface area contributed by atoms with Gasteiger partial charge in [0, 0.05) is 10.6 Å². The van der Waals surface area contributed by atoms with Crippen LogP contribution in [-0.2, 0) is 19.3 Å². The molecule has 1 aliphatic rings. The Labute approximate surface area is 129 Å². The molecule has 4 heteroatoms. The van der Waals surface area contributed by atoms with Crippen LogP contribution < -0.4 is 11.3 Å². The molecule has 1 aliphatic carbocycles. The van der Waals surface area contributed by atoms with Gasteiger partial charge in [-0.1, -0.05) is 35.9 Å². The molecule has 0 fully saturated rings.